The fourth-order valence-electron chi connectivity index (χ4n) is 3.68. The van der Waals surface area contributed by atoms with Gasteiger partial charge in [-0.05, 0) is 55.6 Å². The van der Waals surface area contributed by atoms with Crippen LogP contribution in [0, 0.1) is 0 Å². The van der Waals surface area contributed by atoms with Gasteiger partial charge in [0.2, 0.25) is 0 Å². The number of amides is 1. The Kier molecular flexibility index (Phi) is 7.94. The fourth-order valence-corrected chi connectivity index (χ4v) is 3.68. The summed E-state index contributed by atoms with van der Waals surface area (Å²) in [5.41, 5.74) is 2.42. The van der Waals surface area contributed by atoms with E-state index in [4.69, 9.17) is 9.47 Å². The second-order valence-corrected chi connectivity index (χ2v) is 7.57. The third-order valence-corrected chi connectivity index (χ3v) is 5.30. The van der Waals surface area contributed by atoms with E-state index in [-0.39, 0.29) is 5.91 Å². The quantitative estimate of drug-likeness (QED) is 0.692. The Bertz CT molecular complexity index is 787. The summed E-state index contributed by atoms with van der Waals surface area (Å²) in [6, 6.07) is 15.8. The van der Waals surface area contributed by atoms with Gasteiger partial charge in [-0.25, -0.2) is 0 Å². The number of hydrogen-bond acceptors (Lipinski definition) is 4. The van der Waals surface area contributed by atoms with E-state index in [1.54, 1.807) is 13.2 Å². The van der Waals surface area contributed by atoms with Crippen LogP contribution in [0.5, 0.6) is 11.5 Å². The predicted octanol–water partition coefficient (Wildman–Crippen LogP) is 4.15. The van der Waals surface area contributed by atoms with E-state index in [2.05, 4.69) is 34.5 Å². The van der Waals surface area contributed by atoms with Crippen LogP contribution in [0.25, 0.3) is 0 Å². The molecule has 29 heavy (non-hydrogen) atoms. The van der Waals surface area contributed by atoms with Crippen molar-refractivity contribution in [2.24, 2.45) is 0 Å². The number of piperidine rings is 1. The molecule has 0 aliphatic carbocycles. The molecule has 156 valence electrons. The summed E-state index contributed by atoms with van der Waals surface area (Å²) in [6.45, 7) is 5.80. The lowest BCUT2D eigenvalue weighted by molar-refractivity contribution is -0.128. The van der Waals surface area contributed by atoms with E-state index in [0.717, 1.165) is 12.1 Å². The van der Waals surface area contributed by atoms with Crippen LogP contribution in [0.3, 0.4) is 0 Å². The highest BCUT2D eigenvalue weighted by Gasteiger charge is 2.18. The first kappa shape index (κ1) is 21.2. The number of carbonyl (C=O) groups excluding carboxylic acids is 1. The number of nitrogens with zero attached hydrogens (tertiary/aromatic N) is 1. The van der Waals surface area contributed by atoms with Gasteiger partial charge in [-0.1, -0.05) is 43.7 Å². The molecule has 5 heteroatoms. The molecule has 0 aromatic heterocycles. The minimum absolute atomic E-state index is 0.100. The van der Waals surface area contributed by atoms with Gasteiger partial charge in [0.05, 0.1) is 7.11 Å². The van der Waals surface area contributed by atoms with Crippen LogP contribution in [0.4, 0.5) is 0 Å². The van der Waals surface area contributed by atoms with Gasteiger partial charge in [0.25, 0.3) is 5.91 Å². The molecule has 1 atom stereocenters. The molecule has 1 aliphatic heterocycles. The standard InChI is InChI=1S/C24H32N2O3/c1-3-23(29-22-12-8-11-21(16-22)28-2)24(27)25-17-19-9-7-10-20(15-19)18-26-13-5-4-6-14-26/h7-12,15-16,23H,3-6,13-14,17-18H2,1-2H3,(H,25,27)/t23-/m0/s1. The van der Waals surface area contributed by atoms with Crippen molar-refractivity contribution in [3.05, 3.63) is 59.7 Å². The van der Waals surface area contributed by atoms with Crippen molar-refractivity contribution in [3.8, 4) is 11.5 Å². The van der Waals surface area contributed by atoms with Crippen molar-refractivity contribution < 1.29 is 14.3 Å². The topological polar surface area (TPSA) is 50.8 Å². The zero-order chi connectivity index (χ0) is 20.5. The summed E-state index contributed by atoms with van der Waals surface area (Å²) in [7, 11) is 1.61. The summed E-state index contributed by atoms with van der Waals surface area (Å²) in [6.07, 6.45) is 4.00. The monoisotopic (exact) mass is 396 g/mol. The lowest BCUT2D eigenvalue weighted by Gasteiger charge is -2.26. The first-order valence-electron chi connectivity index (χ1n) is 10.6. The van der Waals surface area contributed by atoms with Crippen molar-refractivity contribution in [2.45, 2.75) is 51.8 Å². The molecular formula is C24H32N2O3. The lowest BCUT2D eigenvalue weighted by Crippen LogP contribution is -2.37. The lowest BCUT2D eigenvalue weighted by atomic mass is 10.1. The zero-order valence-electron chi connectivity index (χ0n) is 17.5. The Balaban J connectivity index is 1.53. The van der Waals surface area contributed by atoms with E-state index < -0.39 is 6.10 Å². The number of benzene rings is 2. The molecule has 1 heterocycles. The van der Waals surface area contributed by atoms with Gasteiger partial charge in [-0.3, -0.25) is 9.69 Å². The molecule has 1 N–H and O–H groups in total. The third-order valence-electron chi connectivity index (χ3n) is 5.30. The van der Waals surface area contributed by atoms with Crippen LogP contribution in [0.2, 0.25) is 0 Å². The van der Waals surface area contributed by atoms with Gasteiger partial charge in [0.15, 0.2) is 6.10 Å². The molecule has 1 amide bonds. The summed E-state index contributed by atoms with van der Waals surface area (Å²) in [5.74, 6) is 1.25. The maximum Gasteiger partial charge on any atom is 0.261 e. The summed E-state index contributed by atoms with van der Waals surface area (Å²) in [4.78, 5) is 15.1. The molecular weight excluding hydrogens is 364 g/mol. The van der Waals surface area contributed by atoms with Crippen LogP contribution in [0.15, 0.2) is 48.5 Å². The average molecular weight is 397 g/mol. The minimum Gasteiger partial charge on any atom is -0.497 e. The second-order valence-electron chi connectivity index (χ2n) is 7.57. The van der Waals surface area contributed by atoms with Crippen molar-refractivity contribution in [3.63, 3.8) is 0 Å². The molecule has 1 fully saturated rings. The molecule has 2 aromatic rings. The minimum atomic E-state index is -0.529. The van der Waals surface area contributed by atoms with Gasteiger partial charge in [0, 0.05) is 19.2 Å². The molecule has 0 spiro atoms. The summed E-state index contributed by atoms with van der Waals surface area (Å²) in [5, 5.41) is 3.02. The fraction of sp³-hybridized carbons (Fsp3) is 0.458. The smallest absolute Gasteiger partial charge is 0.261 e. The largest absolute Gasteiger partial charge is 0.497 e. The SMILES string of the molecule is CC[C@H](Oc1cccc(OC)c1)C(=O)NCc1cccc(CN2CCCCC2)c1. The number of carbonyl (C=O) groups is 1. The molecule has 0 unspecified atom stereocenters. The molecule has 0 radical (unpaired) electrons. The molecule has 0 saturated carbocycles. The molecule has 0 bridgehead atoms. The third kappa shape index (κ3) is 6.50. The predicted molar refractivity (Wildman–Crippen MR) is 115 cm³/mol. The average Bonchev–Trinajstić information content (AvgIpc) is 2.77. The maximum atomic E-state index is 12.6. The molecule has 1 aliphatic rings. The Morgan fingerprint density at radius 3 is 2.52 bits per heavy atom. The van der Waals surface area contributed by atoms with Crippen molar-refractivity contribution in [1.82, 2.24) is 10.2 Å². The number of methoxy groups -OCH3 is 1. The molecule has 3 rings (SSSR count). The zero-order valence-corrected chi connectivity index (χ0v) is 17.5. The summed E-state index contributed by atoms with van der Waals surface area (Å²) < 4.78 is 11.1. The number of hydrogen-bond donors (Lipinski definition) is 1. The van der Waals surface area contributed by atoms with Crippen molar-refractivity contribution in [2.75, 3.05) is 20.2 Å². The summed E-state index contributed by atoms with van der Waals surface area (Å²) >= 11 is 0. The van der Waals surface area contributed by atoms with Crippen molar-refractivity contribution in [1.29, 1.82) is 0 Å². The number of likely N-dealkylation sites (tertiary alicyclic amines) is 1. The highest BCUT2D eigenvalue weighted by molar-refractivity contribution is 5.81. The van der Waals surface area contributed by atoms with Crippen LogP contribution in [0.1, 0.15) is 43.7 Å². The Morgan fingerprint density at radius 1 is 1.03 bits per heavy atom. The van der Waals surface area contributed by atoms with Crippen LogP contribution >= 0.6 is 0 Å². The van der Waals surface area contributed by atoms with E-state index in [1.165, 1.54) is 37.9 Å². The highest BCUT2D eigenvalue weighted by atomic mass is 16.5. The molecule has 1 saturated heterocycles. The van der Waals surface area contributed by atoms with E-state index in [1.807, 2.05) is 25.1 Å². The Hall–Kier alpha value is -2.53. The van der Waals surface area contributed by atoms with Gasteiger partial charge in [-0.15, -0.1) is 0 Å². The maximum absolute atomic E-state index is 12.6. The molecule has 5 nitrogen and oxygen atoms in total. The first-order valence-corrected chi connectivity index (χ1v) is 10.6. The number of nitrogens with one attached hydrogen (secondary N) is 1. The Labute approximate surface area is 174 Å². The normalized spacial score (nSPS) is 15.5. The van der Waals surface area contributed by atoms with E-state index >= 15 is 0 Å². The van der Waals surface area contributed by atoms with Gasteiger partial charge < -0.3 is 14.8 Å². The van der Waals surface area contributed by atoms with Gasteiger partial charge >= 0.3 is 0 Å². The van der Waals surface area contributed by atoms with E-state index in [9.17, 15) is 4.79 Å². The van der Waals surface area contributed by atoms with Crippen LogP contribution < -0.4 is 14.8 Å². The van der Waals surface area contributed by atoms with E-state index in [0.29, 0.717) is 24.5 Å². The van der Waals surface area contributed by atoms with Gasteiger partial charge in [-0.2, -0.15) is 0 Å². The van der Waals surface area contributed by atoms with Crippen LogP contribution in [-0.2, 0) is 17.9 Å². The number of rotatable bonds is 9. The van der Waals surface area contributed by atoms with Crippen molar-refractivity contribution >= 4 is 5.91 Å². The Morgan fingerprint density at radius 2 is 1.76 bits per heavy atom. The van der Waals surface area contributed by atoms with Gasteiger partial charge in [0.1, 0.15) is 11.5 Å². The second kappa shape index (κ2) is 10.9. The van der Waals surface area contributed by atoms with Crippen LogP contribution in [-0.4, -0.2) is 37.1 Å². The number of ether oxygens (including phenoxy) is 2. The molecule has 2 aromatic carbocycles. The first-order chi connectivity index (χ1) is 14.2. The highest BCUT2D eigenvalue weighted by Crippen LogP contribution is 2.21.